The first-order chi connectivity index (χ1) is 11.2. The van der Waals surface area contributed by atoms with Gasteiger partial charge in [-0.1, -0.05) is 42.5 Å². The van der Waals surface area contributed by atoms with Gasteiger partial charge in [0.25, 0.3) is 0 Å². The molecule has 0 aliphatic rings. The van der Waals surface area contributed by atoms with Crippen LogP contribution in [0.15, 0.2) is 54.6 Å². The van der Waals surface area contributed by atoms with E-state index in [0.717, 1.165) is 11.1 Å². The molecule has 0 atom stereocenters. The van der Waals surface area contributed by atoms with E-state index in [9.17, 15) is 9.90 Å². The average molecular weight is 313 g/mol. The highest BCUT2D eigenvalue weighted by Gasteiger charge is 2.02. The van der Waals surface area contributed by atoms with E-state index in [2.05, 4.69) is 5.32 Å². The van der Waals surface area contributed by atoms with Crippen LogP contribution in [-0.4, -0.2) is 24.9 Å². The van der Waals surface area contributed by atoms with Crippen molar-refractivity contribution in [2.45, 2.75) is 6.61 Å². The lowest BCUT2D eigenvalue weighted by Gasteiger charge is -2.06. The first-order valence-corrected chi connectivity index (χ1v) is 7.17. The van der Waals surface area contributed by atoms with E-state index in [1.807, 2.05) is 30.3 Å². The molecular formula is C18H19NO4. The molecule has 0 saturated heterocycles. The number of aromatic hydroxyl groups is 1. The van der Waals surface area contributed by atoms with Crippen molar-refractivity contribution in [1.29, 1.82) is 0 Å². The van der Waals surface area contributed by atoms with E-state index in [1.54, 1.807) is 37.5 Å². The van der Waals surface area contributed by atoms with Gasteiger partial charge >= 0.3 is 6.09 Å². The molecule has 1 amide bonds. The Balaban J connectivity index is 1.78. The van der Waals surface area contributed by atoms with Crippen LogP contribution in [0.4, 0.5) is 4.79 Å². The first-order valence-electron chi connectivity index (χ1n) is 7.17. The second kappa shape index (κ2) is 8.48. The molecule has 120 valence electrons. The van der Waals surface area contributed by atoms with Crippen molar-refractivity contribution in [3.05, 3.63) is 65.7 Å². The van der Waals surface area contributed by atoms with Gasteiger partial charge < -0.3 is 19.9 Å². The zero-order valence-corrected chi connectivity index (χ0v) is 12.9. The first kappa shape index (κ1) is 16.4. The maximum absolute atomic E-state index is 11.6. The predicted octanol–water partition coefficient (Wildman–Crippen LogP) is 3.34. The maximum atomic E-state index is 11.6. The standard InChI is InChI=1S/C18H19NO4/c1-22-17-10-9-16(20)12-15(17)8-5-11-19-18(21)23-13-14-6-3-2-4-7-14/h2-10,12,20H,11,13H2,1H3,(H,19,21). The molecule has 5 nitrogen and oxygen atoms in total. The van der Waals surface area contributed by atoms with Crippen LogP contribution in [0.1, 0.15) is 11.1 Å². The molecule has 0 fully saturated rings. The number of hydrogen-bond acceptors (Lipinski definition) is 4. The summed E-state index contributed by atoms with van der Waals surface area (Å²) < 4.78 is 10.3. The van der Waals surface area contributed by atoms with Crippen molar-refractivity contribution >= 4 is 12.2 Å². The molecule has 2 aromatic carbocycles. The molecule has 2 N–H and O–H groups in total. The highest BCUT2D eigenvalue weighted by molar-refractivity contribution is 5.68. The molecular weight excluding hydrogens is 294 g/mol. The summed E-state index contributed by atoms with van der Waals surface area (Å²) >= 11 is 0. The molecule has 2 aromatic rings. The van der Waals surface area contributed by atoms with Crippen molar-refractivity contribution in [1.82, 2.24) is 5.32 Å². The van der Waals surface area contributed by atoms with Gasteiger partial charge in [-0.2, -0.15) is 0 Å². The Kier molecular flexibility index (Phi) is 6.06. The number of hydrogen-bond donors (Lipinski definition) is 2. The minimum absolute atomic E-state index is 0.153. The Morgan fingerprint density at radius 1 is 1.22 bits per heavy atom. The van der Waals surface area contributed by atoms with E-state index < -0.39 is 6.09 Å². The number of phenolic OH excluding ortho intramolecular Hbond substituents is 1. The SMILES string of the molecule is COc1ccc(O)cc1C=CCNC(=O)OCc1ccccc1. The van der Waals surface area contributed by atoms with Gasteiger partial charge in [0.15, 0.2) is 0 Å². The summed E-state index contributed by atoms with van der Waals surface area (Å²) in [4.78, 5) is 11.6. The van der Waals surface area contributed by atoms with Crippen molar-refractivity contribution in [2.75, 3.05) is 13.7 Å². The monoisotopic (exact) mass is 313 g/mol. The molecule has 0 heterocycles. The summed E-state index contributed by atoms with van der Waals surface area (Å²) in [6.45, 7) is 0.545. The lowest BCUT2D eigenvalue weighted by atomic mass is 10.1. The second-order valence-corrected chi connectivity index (χ2v) is 4.77. The largest absolute Gasteiger partial charge is 0.508 e. The molecule has 0 spiro atoms. The number of nitrogens with one attached hydrogen (secondary N) is 1. The molecule has 0 aliphatic heterocycles. The van der Waals surface area contributed by atoms with E-state index in [4.69, 9.17) is 9.47 Å². The second-order valence-electron chi connectivity index (χ2n) is 4.77. The van der Waals surface area contributed by atoms with E-state index in [-0.39, 0.29) is 12.4 Å². The molecule has 0 radical (unpaired) electrons. The van der Waals surface area contributed by atoms with Gasteiger partial charge in [0.05, 0.1) is 7.11 Å². The molecule has 5 heteroatoms. The summed E-state index contributed by atoms with van der Waals surface area (Å²) in [7, 11) is 1.56. The van der Waals surface area contributed by atoms with Gasteiger partial charge in [-0.3, -0.25) is 0 Å². The van der Waals surface area contributed by atoms with Crippen LogP contribution in [0.3, 0.4) is 0 Å². The molecule has 0 aliphatic carbocycles. The summed E-state index contributed by atoms with van der Waals surface area (Å²) in [6, 6.07) is 14.3. The molecule has 0 aromatic heterocycles. The van der Waals surface area contributed by atoms with Crippen LogP contribution in [0.5, 0.6) is 11.5 Å². The number of amides is 1. The van der Waals surface area contributed by atoms with Gasteiger partial charge in [-0.15, -0.1) is 0 Å². The third-order valence-electron chi connectivity index (χ3n) is 3.09. The maximum Gasteiger partial charge on any atom is 0.407 e. The average Bonchev–Trinajstić information content (AvgIpc) is 2.58. The third-order valence-corrected chi connectivity index (χ3v) is 3.09. The van der Waals surface area contributed by atoms with Crippen LogP contribution in [0.25, 0.3) is 6.08 Å². The normalized spacial score (nSPS) is 10.5. The van der Waals surface area contributed by atoms with Crippen LogP contribution in [0, 0.1) is 0 Å². The van der Waals surface area contributed by atoms with Crippen LogP contribution >= 0.6 is 0 Å². The number of ether oxygens (including phenoxy) is 2. The van der Waals surface area contributed by atoms with Crippen LogP contribution < -0.4 is 10.1 Å². The van der Waals surface area contributed by atoms with Crippen LogP contribution in [-0.2, 0) is 11.3 Å². The Bertz CT molecular complexity index is 668. The Labute approximate surface area is 135 Å². The number of benzene rings is 2. The van der Waals surface area contributed by atoms with E-state index in [0.29, 0.717) is 12.3 Å². The molecule has 0 bridgehead atoms. The number of methoxy groups -OCH3 is 1. The fraction of sp³-hybridized carbons (Fsp3) is 0.167. The van der Waals surface area contributed by atoms with Gasteiger partial charge in [0, 0.05) is 12.1 Å². The topological polar surface area (TPSA) is 67.8 Å². The summed E-state index contributed by atoms with van der Waals surface area (Å²) in [5.41, 5.74) is 1.66. The zero-order chi connectivity index (χ0) is 16.5. The zero-order valence-electron chi connectivity index (χ0n) is 12.9. The number of carbonyl (C=O) groups is 1. The summed E-state index contributed by atoms with van der Waals surface area (Å²) in [5, 5.41) is 12.1. The van der Waals surface area contributed by atoms with Crippen molar-refractivity contribution in [3.63, 3.8) is 0 Å². The van der Waals surface area contributed by atoms with Gasteiger partial charge in [0.2, 0.25) is 0 Å². The van der Waals surface area contributed by atoms with Crippen LogP contribution in [0.2, 0.25) is 0 Å². The van der Waals surface area contributed by atoms with Gasteiger partial charge in [0.1, 0.15) is 18.1 Å². The van der Waals surface area contributed by atoms with Gasteiger partial charge in [-0.05, 0) is 23.8 Å². The summed E-state index contributed by atoms with van der Waals surface area (Å²) in [5.74, 6) is 0.798. The number of phenols is 1. The fourth-order valence-electron chi connectivity index (χ4n) is 1.95. The molecule has 0 saturated carbocycles. The molecule has 0 unspecified atom stereocenters. The van der Waals surface area contributed by atoms with Crippen molar-refractivity contribution in [3.8, 4) is 11.5 Å². The summed E-state index contributed by atoms with van der Waals surface area (Å²) in [6.07, 6.45) is 3.03. The Morgan fingerprint density at radius 2 is 2.00 bits per heavy atom. The minimum Gasteiger partial charge on any atom is -0.508 e. The highest BCUT2D eigenvalue weighted by atomic mass is 16.5. The Hall–Kier alpha value is -2.95. The smallest absolute Gasteiger partial charge is 0.407 e. The quantitative estimate of drug-likeness (QED) is 0.858. The fourth-order valence-corrected chi connectivity index (χ4v) is 1.95. The molecule has 2 rings (SSSR count). The number of carbonyl (C=O) groups excluding carboxylic acids is 1. The van der Waals surface area contributed by atoms with E-state index >= 15 is 0 Å². The minimum atomic E-state index is -0.485. The number of alkyl carbamates (subject to hydrolysis) is 1. The molecule has 23 heavy (non-hydrogen) atoms. The lowest BCUT2D eigenvalue weighted by molar-refractivity contribution is 0.141. The van der Waals surface area contributed by atoms with Crippen molar-refractivity contribution in [2.24, 2.45) is 0 Å². The predicted molar refractivity (Wildman–Crippen MR) is 88.3 cm³/mol. The third kappa shape index (κ3) is 5.39. The lowest BCUT2D eigenvalue weighted by Crippen LogP contribution is -2.24. The van der Waals surface area contributed by atoms with Crippen molar-refractivity contribution < 1.29 is 19.4 Å². The highest BCUT2D eigenvalue weighted by Crippen LogP contribution is 2.24. The number of rotatable bonds is 6. The van der Waals surface area contributed by atoms with E-state index in [1.165, 1.54) is 0 Å². The Morgan fingerprint density at radius 3 is 2.74 bits per heavy atom. The van der Waals surface area contributed by atoms with Gasteiger partial charge in [-0.25, -0.2) is 4.79 Å².